The number of β-lactam (4-membered cyclic amide) rings is 1. The number of carboxylic acid groups (broad SMARTS) is 1. The third-order valence-corrected chi connectivity index (χ3v) is 6.55. The monoisotopic (exact) mass is 433 g/mol. The number of aliphatic carboxylic acids is 1. The van der Waals surface area contributed by atoms with Crippen molar-refractivity contribution in [2.45, 2.75) is 29.8 Å². The number of nitrogens with one attached hydrogen (secondary N) is 1. The maximum atomic E-state index is 13.0. The minimum Gasteiger partial charge on any atom is -0.480 e. The van der Waals surface area contributed by atoms with Crippen molar-refractivity contribution in [3.05, 3.63) is 70.3 Å². The van der Waals surface area contributed by atoms with Gasteiger partial charge in [0.15, 0.2) is 4.90 Å². The van der Waals surface area contributed by atoms with E-state index in [1.54, 1.807) is 30.3 Å². The first-order valence-electron chi connectivity index (χ1n) is 8.92. The lowest BCUT2D eigenvalue weighted by Gasteiger charge is -2.50. The molecule has 158 valence electrons. The first-order chi connectivity index (χ1) is 14.1. The van der Waals surface area contributed by atoms with Crippen molar-refractivity contribution in [3.63, 3.8) is 0 Å². The van der Waals surface area contributed by atoms with Crippen LogP contribution >= 0.6 is 0 Å². The Kier molecular flexibility index (Phi) is 5.59. The van der Waals surface area contributed by atoms with Gasteiger partial charge in [0, 0.05) is 12.5 Å². The van der Waals surface area contributed by atoms with E-state index in [0.29, 0.717) is 5.56 Å². The molecule has 10 nitrogen and oxygen atoms in total. The Morgan fingerprint density at radius 1 is 1.23 bits per heavy atom. The predicted octanol–water partition coefficient (Wildman–Crippen LogP) is 1.17. The second kappa shape index (κ2) is 7.84. The van der Waals surface area contributed by atoms with Gasteiger partial charge < -0.3 is 10.0 Å². The van der Waals surface area contributed by atoms with Crippen LogP contribution in [0.15, 0.2) is 59.5 Å². The van der Waals surface area contributed by atoms with Gasteiger partial charge >= 0.3 is 5.97 Å². The van der Waals surface area contributed by atoms with Crippen LogP contribution in [0.3, 0.4) is 0 Å². The maximum Gasteiger partial charge on any atom is 0.326 e. The van der Waals surface area contributed by atoms with Gasteiger partial charge in [0.05, 0.1) is 11.5 Å². The molecule has 0 aromatic heterocycles. The molecule has 2 atom stereocenters. The van der Waals surface area contributed by atoms with E-state index in [1.165, 1.54) is 19.1 Å². The molecule has 0 bridgehead atoms. The van der Waals surface area contributed by atoms with Gasteiger partial charge in [0.1, 0.15) is 11.6 Å². The molecule has 1 saturated heterocycles. The number of sulfonamides is 1. The van der Waals surface area contributed by atoms with E-state index >= 15 is 0 Å². The van der Waals surface area contributed by atoms with Gasteiger partial charge in [-0.2, -0.15) is 4.72 Å². The Morgan fingerprint density at radius 3 is 2.40 bits per heavy atom. The van der Waals surface area contributed by atoms with Crippen LogP contribution in [0.4, 0.5) is 5.69 Å². The van der Waals surface area contributed by atoms with Gasteiger partial charge in [0.25, 0.3) is 5.69 Å². The molecule has 0 spiro atoms. The fourth-order valence-corrected chi connectivity index (χ4v) is 4.92. The van der Waals surface area contributed by atoms with Crippen molar-refractivity contribution in [3.8, 4) is 0 Å². The molecule has 1 unspecified atom stereocenters. The number of carboxylic acids is 1. The van der Waals surface area contributed by atoms with E-state index in [9.17, 15) is 33.2 Å². The van der Waals surface area contributed by atoms with E-state index in [-0.39, 0.29) is 13.0 Å². The summed E-state index contributed by atoms with van der Waals surface area (Å²) in [7, 11) is -4.46. The van der Waals surface area contributed by atoms with E-state index in [4.69, 9.17) is 0 Å². The van der Waals surface area contributed by atoms with E-state index in [0.717, 1.165) is 17.0 Å². The summed E-state index contributed by atoms with van der Waals surface area (Å²) >= 11 is 0. The van der Waals surface area contributed by atoms with Crippen molar-refractivity contribution in [2.75, 3.05) is 6.54 Å². The first-order valence-corrected chi connectivity index (χ1v) is 10.4. The zero-order valence-electron chi connectivity index (χ0n) is 15.9. The number of hydrogen-bond donors (Lipinski definition) is 2. The molecule has 0 saturated carbocycles. The molecule has 0 aliphatic carbocycles. The van der Waals surface area contributed by atoms with Crippen molar-refractivity contribution in [1.29, 1.82) is 0 Å². The topological polar surface area (TPSA) is 147 Å². The minimum atomic E-state index is -4.46. The molecular formula is C19H19N3O7S. The fraction of sp³-hybridized carbons (Fsp3) is 0.263. The third kappa shape index (κ3) is 3.89. The number of likely N-dealkylation sites (tertiary alicyclic amines) is 1. The molecule has 1 amide bonds. The highest BCUT2D eigenvalue weighted by Gasteiger charge is 2.57. The Morgan fingerprint density at radius 2 is 1.83 bits per heavy atom. The average Bonchev–Trinajstić information content (AvgIpc) is 2.71. The minimum absolute atomic E-state index is 0.0324. The van der Waals surface area contributed by atoms with Crippen molar-refractivity contribution in [2.24, 2.45) is 0 Å². The number of amides is 1. The molecular weight excluding hydrogens is 414 g/mol. The highest BCUT2D eigenvalue weighted by Crippen LogP contribution is 2.32. The van der Waals surface area contributed by atoms with Crippen LogP contribution < -0.4 is 4.72 Å². The van der Waals surface area contributed by atoms with Gasteiger partial charge in [-0.3, -0.25) is 14.9 Å². The summed E-state index contributed by atoms with van der Waals surface area (Å²) in [6.45, 7) is 1.14. The van der Waals surface area contributed by atoms with Crippen molar-refractivity contribution in [1.82, 2.24) is 9.62 Å². The van der Waals surface area contributed by atoms with Crippen LogP contribution in [0.1, 0.15) is 12.5 Å². The maximum absolute atomic E-state index is 13.0. The smallest absolute Gasteiger partial charge is 0.326 e. The SMILES string of the molecule is C[C@H](C(=O)O)N1CC(Cc2ccccc2)(NS(=O)(=O)c2ccccc2[N+](=O)[O-])C1=O. The zero-order valence-corrected chi connectivity index (χ0v) is 16.7. The van der Waals surface area contributed by atoms with Crippen LogP contribution in [-0.2, 0) is 26.0 Å². The van der Waals surface area contributed by atoms with Crippen molar-refractivity contribution >= 4 is 27.6 Å². The molecule has 30 heavy (non-hydrogen) atoms. The number of benzene rings is 2. The van der Waals surface area contributed by atoms with Crippen LogP contribution in [0, 0.1) is 10.1 Å². The molecule has 1 aliphatic heterocycles. The van der Waals surface area contributed by atoms with Gasteiger partial charge in [-0.25, -0.2) is 13.2 Å². The quantitative estimate of drug-likeness (QED) is 0.361. The summed E-state index contributed by atoms with van der Waals surface area (Å²) in [4.78, 5) is 35.2. The Bertz CT molecular complexity index is 1100. The number of carbonyl (C=O) groups is 2. The highest BCUT2D eigenvalue weighted by molar-refractivity contribution is 7.89. The lowest BCUT2D eigenvalue weighted by molar-refractivity contribution is -0.387. The molecule has 2 N–H and O–H groups in total. The summed E-state index contributed by atoms with van der Waals surface area (Å²) in [5.41, 5.74) is -1.62. The number of hydrogen-bond acceptors (Lipinski definition) is 6. The summed E-state index contributed by atoms with van der Waals surface area (Å²) in [6, 6.07) is 12.3. The summed E-state index contributed by atoms with van der Waals surface area (Å²) < 4.78 is 28.3. The normalized spacial score (nSPS) is 19.8. The zero-order chi connectivity index (χ0) is 22.1. The number of nitrogens with zero attached hydrogens (tertiary/aromatic N) is 2. The second-order valence-corrected chi connectivity index (χ2v) is 8.67. The third-order valence-electron chi connectivity index (χ3n) is 4.97. The first kappa shape index (κ1) is 21.4. The Labute approximate surface area is 172 Å². The van der Waals surface area contributed by atoms with Crippen LogP contribution in [0.2, 0.25) is 0 Å². The number of nitro benzene ring substituents is 1. The fourth-order valence-electron chi connectivity index (χ4n) is 3.40. The number of para-hydroxylation sites is 1. The standard InChI is InChI=1S/C19H19N3O7S/c1-13(17(23)24)21-12-19(18(21)25,11-14-7-3-2-4-8-14)20-30(28,29)16-10-6-5-9-15(16)22(26)27/h2-10,13,20H,11-12H2,1H3,(H,23,24)/t13-,19?/m1/s1. The van der Waals surface area contributed by atoms with Gasteiger partial charge in [0.2, 0.25) is 15.9 Å². The number of rotatable bonds is 8. The largest absolute Gasteiger partial charge is 0.480 e. The molecule has 0 radical (unpaired) electrons. The molecule has 2 aromatic rings. The van der Waals surface area contributed by atoms with Gasteiger partial charge in [-0.15, -0.1) is 0 Å². The number of carbonyl (C=O) groups excluding carboxylic acids is 1. The van der Waals surface area contributed by atoms with Gasteiger partial charge in [-0.1, -0.05) is 42.5 Å². The molecule has 11 heteroatoms. The molecule has 3 rings (SSSR count). The summed E-state index contributed by atoms with van der Waals surface area (Å²) in [5.74, 6) is -1.93. The predicted molar refractivity (Wildman–Crippen MR) is 105 cm³/mol. The molecule has 1 aliphatic rings. The molecule has 1 fully saturated rings. The molecule has 1 heterocycles. The second-order valence-electron chi connectivity index (χ2n) is 7.02. The summed E-state index contributed by atoms with van der Waals surface area (Å²) in [5, 5.41) is 20.5. The van der Waals surface area contributed by atoms with Crippen LogP contribution in [0.5, 0.6) is 0 Å². The Hall–Kier alpha value is -3.31. The lowest BCUT2D eigenvalue weighted by Crippen LogP contribution is -2.77. The van der Waals surface area contributed by atoms with Crippen LogP contribution in [-0.4, -0.2) is 53.3 Å². The average molecular weight is 433 g/mol. The molecule has 2 aromatic carbocycles. The Balaban J connectivity index is 1.99. The lowest BCUT2D eigenvalue weighted by atomic mass is 9.82. The summed E-state index contributed by atoms with van der Waals surface area (Å²) in [6.07, 6.45) is -0.0324. The van der Waals surface area contributed by atoms with E-state index in [2.05, 4.69) is 4.72 Å². The van der Waals surface area contributed by atoms with E-state index in [1.807, 2.05) is 0 Å². The van der Waals surface area contributed by atoms with Crippen molar-refractivity contribution < 1.29 is 28.0 Å². The van der Waals surface area contributed by atoms with Crippen LogP contribution in [0.25, 0.3) is 0 Å². The van der Waals surface area contributed by atoms with E-state index < -0.39 is 49.0 Å². The van der Waals surface area contributed by atoms with Gasteiger partial charge in [-0.05, 0) is 18.6 Å². The highest BCUT2D eigenvalue weighted by atomic mass is 32.2. The number of nitro groups is 1.